The van der Waals surface area contributed by atoms with Crippen molar-refractivity contribution in [3.05, 3.63) is 22.9 Å². The summed E-state index contributed by atoms with van der Waals surface area (Å²) in [5.74, 6) is -0.0996. The molecule has 104 valence electrons. The van der Waals surface area contributed by atoms with Crippen LogP contribution in [0.5, 0.6) is 0 Å². The fourth-order valence-electron chi connectivity index (χ4n) is 1.42. The molecule has 1 aliphatic rings. The van der Waals surface area contributed by atoms with Crippen LogP contribution in [-0.4, -0.2) is 22.7 Å². The van der Waals surface area contributed by atoms with E-state index < -0.39 is 4.87 Å². The molecule has 0 aliphatic heterocycles. The standard InChI is InChI=1S/C12H18Cl2N2O.ClH/c1-11(2,3)16-7-10(17)12(14)5-4-8(13)9(15)6-12;/h4,6,16H,5,7,15H2,1-3H3;1H. The molecule has 0 heterocycles. The quantitative estimate of drug-likeness (QED) is 0.788. The molecule has 0 aromatic heterocycles. The zero-order valence-corrected chi connectivity index (χ0v) is 13.0. The molecular weight excluding hydrogens is 295 g/mol. The lowest BCUT2D eigenvalue weighted by Gasteiger charge is -2.27. The molecule has 1 rings (SSSR count). The molecule has 0 bridgehead atoms. The van der Waals surface area contributed by atoms with E-state index in [0.717, 1.165) is 0 Å². The number of ketones is 1. The second-order valence-corrected chi connectivity index (χ2v) is 6.33. The fourth-order valence-corrected chi connectivity index (χ4v) is 1.81. The van der Waals surface area contributed by atoms with E-state index in [1.54, 1.807) is 6.08 Å². The number of halogens is 3. The first-order chi connectivity index (χ1) is 7.64. The van der Waals surface area contributed by atoms with Crippen molar-refractivity contribution in [1.82, 2.24) is 5.32 Å². The van der Waals surface area contributed by atoms with E-state index in [-0.39, 0.29) is 30.3 Å². The van der Waals surface area contributed by atoms with Crippen molar-refractivity contribution in [3.63, 3.8) is 0 Å². The van der Waals surface area contributed by atoms with E-state index >= 15 is 0 Å². The van der Waals surface area contributed by atoms with Crippen LogP contribution in [0.2, 0.25) is 0 Å². The first-order valence-corrected chi connectivity index (χ1v) is 6.21. The molecule has 3 nitrogen and oxygen atoms in total. The van der Waals surface area contributed by atoms with E-state index in [1.165, 1.54) is 6.08 Å². The topological polar surface area (TPSA) is 55.1 Å². The van der Waals surface area contributed by atoms with Gasteiger partial charge < -0.3 is 11.1 Å². The average Bonchev–Trinajstić information content (AvgIpc) is 2.19. The number of Topliss-reactive ketones (excluding diaryl/α,β-unsaturated/α-hetero) is 1. The molecule has 6 heteroatoms. The van der Waals surface area contributed by atoms with Crippen LogP contribution in [0.1, 0.15) is 27.2 Å². The van der Waals surface area contributed by atoms with Gasteiger partial charge in [0.25, 0.3) is 0 Å². The smallest absolute Gasteiger partial charge is 0.171 e. The zero-order valence-electron chi connectivity index (χ0n) is 10.7. The van der Waals surface area contributed by atoms with Gasteiger partial charge >= 0.3 is 0 Å². The maximum Gasteiger partial charge on any atom is 0.171 e. The van der Waals surface area contributed by atoms with Gasteiger partial charge in [-0.1, -0.05) is 17.7 Å². The highest BCUT2D eigenvalue weighted by Crippen LogP contribution is 2.32. The summed E-state index contributed by atoms with van der Waals surface area (Å²) in [5, 5.41) is 3.57. The number of hydrogen-bond donors (Lipinski definition) is 2. The van der Waals surface area contributed by atoms with Crippen molar-refractivity contribution in [1.29, 1.82) is 0 Å². The number of carbonyl (C=O) groups is 1. The number of nitrogens with two attached hydrogens (primary N) is 1. The van der Waals surface area contributed by atoms with E-state index in [9.17, 15) is 4.79 Å². The van der Waals surface area contributed by atoms with Gasteiger partial charge in [-0.15, -0.1) is 24.0 Å². The van der Waals surface area contributed by atoms with Crippen molar-refractivity contribution in [3.8, 4) is 0 Å². The third kappa shape index (κ3) is 4.81. The molecule has 0 aromatic carbocycles. The second-order valence-electron chi connectivity index (χ2n) is 5.25. The summed E-state index contributed by atoms with van der Waals surface area (Å²) in [7, 11) is 0. The first kappa shape index (κ1) is 17.8. The van der Waals surface area contributed by atoms with Gasteiger partial charge in [0.1, 0.15) is 4.87 Å². The number of allylic oxidation sites excluding steroid dienone is 3. The summed E-state index contributed by atoms with van der Waals surface area (Å²) in [6.07, 6.45) is 3.58. The summed E-state index contributed by atoms with van der Waals surface area (Å²) in [5.41, 5.74) is 5.91. The molecule has 1 unspecified atom stereocenters. The summed E-state index contributed by atoms with van der Waals surface area (Å²) in [4.78, 5) is 11.0. The Hall–Kier alpha value is -0.220. The van der Waals surface area contributed by atoms with Crippen LogP contribution in [0, 0.1) is 0 Å². The highest BCUT2D eigenvalue weighted by molar-refractivity contribution is 6.38. The van der Waals surface area contributed by atoms with E-state index in [4.69, 9.17) is 28.9 Å². The van der Waals surface area contributed by atoms with Gasteiger partial charge in [-0.3, -0.25) is 4.79 Å². The molecule has 0 radical (unpaired) electrons. The SMILES string of the molecule is CC(C)(C)NCC(=O)C1(Cl)C=C(N)C(Cl)=CC1.Cl. The Labute approximate surface area is 124 Å². The fraction of sp³-hybridized carbons (Fsp3) is 0.583. The van der Waals surface area contributed by atoms with Crippen molar-refractivity contribution < 1.29 is 4.79 Å². The molecule has 18 heavy (non-hydrogen) atoms. The molecule has 0 saturated heterocycles. The van der Waals surface area contributed by atoms with E-state index in [0.29, 0.717) is 17.2 Å². The Morgan fingerprint density at radius 2 is 2.11 bits per heavy atom. The van der Waals surface area contributed by atoms with Crippen molar-refractivity contribution in [2.75, 3.05) is 6.54 Å². The number of rotatable bonds is 3. The molecule has 0 spiro atoms. The highest BCUT2D eigenvalue weighted by Gasteiger charge is 2.35. The van der Waals surface area contributed by atoms with E-state index in [2.05, 4.69) is 5.32 Å². The highest BCUT2D eigenvalue weighted by atomic mass is 35.5. The maximum atomic E-state index is 12.1. The van der Waals surface area contributed by atoms with Crippen LogP contribution in [-0.2, 0) is 4.79 Å². The van der Waals surface area contributed by atoms with Crippen molar-refractivity contribution in [2.24, 2.45) is 5.73 Å². The van der Waals surface area contributed by atoms with Crippen LogP contribution in [0.15, 0.2) is 22.9 Å². The van der Waals surface area contributed by atoms with Gasteiger partial charge in [0, 0.05) is 11.2 Å². The summed E-state index contributed by atoms with van der Waals surface area (Å²) in [6, 6.07) is 0. The Kier molecular flexibility index (Phi) is 6.21. The average molecular weight is 314 g/mol. The number of hydrogen-bond acceptors (Lipinski definition) is 3. The Balaban J connectivity index is 0.00000289. The van der Waals surface area contributed by atoms with Crippen LogP contribution in [0.3, 0.4) is 0 Å². The molecule has 0 amide bonds. The Morgan fingerprint density at radius 3 is 2.56 bits per heavy atom. The molecule has 3 N–H and O–H groups in total. The molecule has 1 aliphatic carbocycles. The van der Waals surface area contributed by atoms with Gasteiger partial charge in [-0.05, 0) is 33.3 Å². The summed E-state index contributed by atoms with van der Waals surface area (Å²) in [6.45, 7) is 6.18. The van der Waals surface area contributed by atoms with Crippen LogP contribution in [0.4, 0.5) is 0 Å². The van der Waals surface area contributed by atoms with Crippen LogP contribution < -0.4 is 11.1 Å². The lowest BCUT2D eigenvalue weighted by molar-refractivity contribution is -0.119. The Morgan fingerprint density at radius 1 is 1.56 bits per heavy atom. The largest absolute Gasteiger partial charge is 0.398 e. The summed E-state index contributed by atoms with van der Waals surface area (Å²) < 4.78 is 0. The molecular formula is C12H19Cl3N2O. The number of nitrogens with one attached hydrogen (secondary N) is 1. The predicted octanol–water partition coefficient (Wildman–Crippen LogP) is 2.71. The minimum atomic E-state index is -1.07. The minimum Gasteiger partial charge on any atom is -0.398 e. The number of alkyl halides is 1. The molecule has 1 atom stereocenters. The monoisotopic (exact) mass is 312 g/mol. The third-order valence-corrected chi connectivity index (χ3v) is 3.33. The lowest BCUT2D eigenvalue weighted by atomic mass is 9.93. The van der Waals surface area contributed by atoms with Crippen molar-refractivity contribution in [2.45, 2.75) is 37.6 Å². The minimum absolute atomic E-state index is 0. The third-order valence-electron chi connectivity index (χ3n) is 2.48. The lowest BCUT2D eigenvalue weighted by Crippen LogP contribution is -2.45. The molecule has 0 saturated carbocycles. The zero-order chi connectivity index (χ0) is 13.3. The van der Waals surface area contributed by atoms with Gasteiger partial charge in [-0.25, -0.2) is 0 Å². The van der Waals surface area contributed by atoms with E-state index in [1.807, 2.05) is 20.8 Å². The normalized spacial score (nSPS) is 23.8. The van der Waals surface area contributed by atoms with Gasteiger partial charge in [-0.2, -0.15) is 0 Å². The van der Waals surface area contributed by atoms with Gasteiger partial charge in [0.2, 0.25) is 0 Å². The van der Waals surface area contributed by atoms with Crippen LogP contribution in [0.25, 0.3) is 0 Å². The maximum absolute atomic E-state index is 12.1. The summed E-state index contributed by atoms with van der Waals surface area (Å²) >= 11 is 12.1. The molecule has 0 fully saturated rings. The molecule has 0 aromatic rings. The predicted molar refractivity (Wildman–Crippen MR) is 79.4 cm³/mol. The van der Waals surface area contributed by atoms with Gasteiger partial charge in [0.05, 0.1) is 11.6 Å². The first-order valence-electron chi connectivity index (χ1n) is 5.46. The second kappa shape index (κ2) is 6.29. The Bertz CT molecular complexity index is 385. The van der Waals surface area contributed by atoms with Crippen LogP contribution >= 0.6 is 35.6 Å². The number of carbonyl (C=O) groups excluding carboxylic acids is 1. The van der Waals surface area contributed by atoms with Gasteiger partial charge in [0.15, 0.2) is 5.78 Å². The van der Waals surface area contributed by atoms with Crippen molar-refractivity contribution >= 4 is 41.4 Å².